The van der Waals surface area contributed by atoms with E-state index in [1.165, 1.54) is 11.3 Å². The second-order valence-corrected chi connectivity index (χ2v) is 6.05. The summed E-state index contributed by atoms with van der Waals surface area (Å²) in [4.78, 5) is 16.7. The number of thiazole rings is 1. The van der Waals surface area contributed by atoms with E-state index in [0.29, 0.717) is 17.4 Å². The molecule has 0 unspecified atom stereocenters. The number of rotatable bonds is 5. The van der Waals surface area contributed by atoms with Gasteiger partial charge in [-0.25, -0.2) is 4.98 Å². The molecule has 2 heterocycles. The van der Waals surface area contributed by atoms with Crippen LogP contribution in [-0.4, -0.2) is 27.3 Å². The Morgan fingerprint density at radius 3 is 2.87 bits per heavy atom. The summed E-state index contributed by atoms with van der Waals surface area (Å²) in [5.74, 6) is 0.559. The Hall–Kier alpha value is -2.41. The van der Waals surface area contributed by atoms with E-state index in [4.69, 9.17) is 4.74 Å². The summed E-state index contributed by atoms with van der Waals surface area (Å²) in [6.07, 6.45) is 0. The summed E-state index contributed by atoms with van der Waals surface area (Å²) in [6, 6.07) is 7.48. The predicted molar refractivity (Wildman–Crippen MR) is 91.4 cm³/mol. The van der Waals surface area contributed by atoms with Crippen molar-refractivity contribution in [3.05, 3.63) is 35.7 Å². The summed E-state index contributed by atoms with van der Waals surface area (Å²) >= 11 is 1.42. The molecule has 0 aliphatic carbocycles. The van der Waals surface area contributed by atoms with Crippen LogP contribution < -0.4 is 10.1 Å². The Labute approximate surface area is 138 Å². The zero-order chi connectivity index (χ0) is 16.4. The van der Waals surface area contributed by atoms with Crippen LogP contribution in [0.3, 0.4) is 0 Å². The van der Waals surface area contributed by atoms with Crippen LogP contribution in [0, 0.1) is 6.92 Å². The molecule has 0 aliphatic rings. The fourth-order valence-electron chi connectivity index (χ4n) is 2.32. The number of hydrogen-bond acceptors (Lipinski definition) is 5. The van der Waals surface area contributed by atoms with Crippen LogP contribution >= 0.6 is 11.3 Å². The Balaban J connectivity index is 1.81. The second-order valence-electron chi connectivity index (χ2n) is 5.02. The van der Waals surface area contributed by atoms with Gasteiger partial charge >= 0.3 is 0 Å². The first-order valence-corrected chi connectivity index (χ1v) is 8.31. The van der Waals surface area contributed by atoms with Gasteiger partial charge in [-0.3, -0.25) is 14.8 Å². The quantitative estimate of drug-likeness (QED) is 0.778. The van der Waals surface area contributed by atoms with Crippen LogP contribution in [0.4, 0.5) is 5.13 Å². The van der Waals surface area contributed by atoms with E-state index in [-0.39, 0.29) is 5.91 Å². The van der Waals surface area contributed by atoms with Crippen LogP contribution in [0.15, 0.2) is 24.3 Å². The summed E-state index contributed by atoms with van der Waals surface area (Å²) < 4.78 is 8.25. The molecule has 0 spiro atoms. The van der Waals surface area contributed by atoms with Gasteiger partial charge in [0.25, 0.3) is 5.91 Å². The number of benzene rings is 1. The maximum atomic E-state index is 12.3. The zero-order valence-electron chi connectivity index (χ0n) is 13.3. The number of aryl methyl sites for hydroxylation is 2. The molecule has 6 nitrogen and oxygen atoms in total. The van der Waals surface area contributed by atoms with Crippen molar-refractivity contribution < 1.29 is 9.53 Å². The molecule has 0 atom stereocenters. The molecule has 3 aromatic rings. The molecule has 0 saturated carbocycles. The molecule has 2 aromatic heterocycles. The number of ether oxygens (including phenoxy) is 1. The summed E-state index contributed by atoms with van der Waals surface area (Å²) in [5, 5.41) is 7.65. The van der Waals surface area contributed by atoms with Gasteiger partial charge in [-0.05, 0) is 45.0 Å². The van der Waals surface area contributed by atoms with Gasteiger partial charge in [0.15, 0.2) is 10.8 Å². The minimum absolute atomic E-state index is 0.246. The van der Waals surface area contributed by atoms with Crippen molar-refractivity contribution in [1.82, 2.24) is 14.8 Å². The van der Waals surface area contributed by atoms with E-state index < -0.39 is 0 Å². The summed E-state index contributed by atoms with van der Waals surface area (Å²) in [7, 11) is 0. The number of hydrogen-bond donors (Lipinski definition) is 1. The van der Waals surface area contributed by atoms with Crippen LogP contribution in [0.2, 0.25) is 0 Å². The topological polar surface area (TPSA) is 69.0 Å². The lowest BCUT2D eigenvalue weighted by molar-refractivity contribution is 0.102. The third kappa shape index (κ3) is 3.19. The number of carbonyl (C=O) groups excluding carboxylic acids is 1. The lowest BCUT2D eigenvalue weighted by atomic mass is 10.3. The monoisotopic (exact) mass is 330 g/mol. The predicted octanol–water partition coefficient (Wildman–Crippen LogP) is 3.47. The molecular formula is C16H18N4O2S. The van der Waals surface area contributed by atoms with E-state index in [1.807, 2.05) is 39.0 Å². The van der Waals surface area contributed by atoms with E-state index in [9.17, 15) is 4.79 Å². The highest BCUT2D eigenvalue weighted by molar-refractivity contribution is 7.22. The maximum absolute atomic E-state index is 12.3. The lowest BCUT2D eigenvalue weighted by Gasteiger charge is -2.00. The lowest BCUT2D eigenvalue weighted by Crippen LogP contribution is -2.13. The normalized spacial score (nSPS) is 10.9. The molecule has 1 aromatic carbocycles. The van der Waals surface area contributed by atoms with Gasteiger partial charge in [0.1, 0.15) is 5.75 Å². The average Bonchev–Trinajstić information content (AvgIpc) is 3.09. The zero-order valence-corrected chi connectivity index (χ0v) is 14.1. The molecule has 0 aliphatic heterocycles. The fraction of sp³-hybridized carbons (Fsp3) is 0.312. The maximum Gasteiger partial charge on any atom is 0.277 e. The summed E-state index contributed by atoms with van der Waals surface area (Å²) in [6.45, 7) is 7.22. The Morgan fingerprint density at radius 1 is 1.35 bits per heavy atom. The fourth-order valence-corrected chi connectivity index (χ4v) is 3.21. The van der Waals surface area contributed by atoms with E-state index in [1.54, 1.807) is 10.7 Å². The number of fused-ring (bicyclic) bond motifs is 1. The minimum atomic E-state index is -0.246. The number of anilines is 1. The van der Waals surface area contributed by atoms with Crippen LogP contribution in [0.25, 0.3) is 10.2 Å². The average molecular weight is 330 g/mol. The third-order valence-electron chi connectivity index (χ3n) is 3.40. The number of nitrogens with zero attached hydrogens (tertiary/aromatic N) is 3. The largest absolute Gasteiger partial charge is 0.494 e. The van der Waals surface area contributed by atoms with Gasteiger partial charge in [-0.1, -0.05) is 11.3 Å². The first-order valence-electron chi connectivity index (χ1n) is 7.50. The van der Waals surface area contributed by atoms with Crippen LogP contribution in [0.1, 0.15) is 30.0 Å². The molecule has 1 amide bonds. The van der Waals surface area contributed by atoms with Gasteiger partial charge in [-0.15, -0.1) is 0 Å². The number of carbonyl (C=O) groups is 1. The van der Waals surface area contributed by atoms with E-state index in [2.05, 4.69) is 15.4 Å². The molecule has 0 saturated heterocycles. The van der Waals surface area contributed by atoms with Crippen LogP contribution in [0.5, 0.6) is 5.75 Å². The molecule has 23 heavy (non-hydrogen) atoms. The SMILES string of the molecule is CCOc1ccc2nc(NC(=O)c3cc(C)n(CC)n3)sc2c1. The van der Waals surface area contributed by atoms with Crippen molar-refractivity contribution in [1.29, 1.82) is 0 Å². The number of amides is 1. The summed E-state index contributed by atoms with van der Waals surface area (Å²) in [5.41, 5.74) is 2.20. The molecule has 3 rings (SSSR count). The van der Waals surface area contributed by atoms with Gasteiger partial charge in [-0.2, -0.15) is 5.10 Å². The van der Waals surface area contributed by atoms with E-state index >= 15 is 0 Å². The minimum Gasteiger partial charge on any atom is -0.494 e. The molecule has 0 fully saturated rings. The van der Waals surface area contributed by atoms with Gasteiger partial charge in [0.05, 0.1) is 16.8 Å². The van der Waals surface area contributed by atoms with Gasteiger partial charge in [0, 0.05) is 12.2 Å². The number of aromatic nitrogens is 3. The number of nitrogens with one attached hydrogen (secondary N) is 1. The van der Waals surface area contributed by atoms with Gasteiger partial charge in [0.2, 0.25) is 0 Å². The first kappa shape index (κ1) is 15.5. The van der Waals surface area contributed by atoms with Crippen LogP contribution in [-0.2, 0) is 6.54 Å². The van der Waals surface area contributed by atoms with Crippen molar-refractivity contribution in [2.75, 3.05) is 11.9 Å². The second kappa shape index (κ2) is 6.37. The first-order chi connectivity index (χ1) is 11.1. The Bertz CT molecular complexity index is 853. The third-order valence-corrected chi connectivity index (χ3v) is 4.34. The smallest absolute Gasteiger partial charge is 0.277 e. The molecule has 1 N–H and O–H groups in total. The van der Waals surface area contributed by atoms with Crippen molar-refractivity contribution in [2.45, 2.75) is 27.3 Å². The standard InChI is InChI=1S/C16H18N4O2S/c1-4-20-10(3)8-13(19-20)15(21)18-16-17-12-7-6-11(22-5-2)9-14(12)23-16/h6-9H,4-5H2,1-3H3,(H,17,18,21). The van der Waals surface area contributed by atoms with E-state index in [0.717, 1.165) is 28.2 Å². The highest BCUT2D eigenvalue weighted by Gasteiger charge is 2.14. The van der Waals surface area contributed by atoms with Crippen molar-refractivity contribution in [3.8, 4) is 5.75 Å². The highest BCUT2D eigenvalue weighted by Crippen LogP contribution is 2.29. The Kier molecular flexibility index (Phi) is 4.29. The Morgan fingerprint density at radius 2 is 2.17 bits per heavy atom. The molecule has 120 valence electrons. The van der Waals surface area contributed by atoms with Crippen molar-refractivity contribution >= 4 is 32.6 Å². The highest BCUT2D eigenvalue weighted by atomic mass is 32.1. The van der Waals surface area contributed by atoms with Gasteiger partial charge < -0.3 is 4.74 Å². The molecule has 0 bridgehead atoms. The van der Waals surface area contributed by atoms with Crippen molar-refractivity contribution in [2.24, 2.45) is 0 Å². The van der Waals surface area contributed by atoms with Crippen molar-refractivity contribution in [3.63, 3.8) is 0 Å². The molecular weight excluding hydrogens is 312 g/mol. The molecule has 7 heteroatoms. The molecule has 0 radical (unpaired) electrons.